The van der Waals surface area contributed by atoms with E-state index in [4.69, 9.17) is 4.74 Å². The molecule has 2 saturated carbocycles. The van der Waals surface area contributed by atoms with Crippen LogP contribution in [0.1, 0.15) is 106 Å². The van der Waals surface area contributed by atoms with Gasteiger partial charge in [-0.2, -0.15) is 0 Å². The summed E-state index contributed by atoms with van der Waals surface area (Å²) in [4.78, 5) is 24.8. The summed E-state index contributed by atoms with van der Waals surface area (Å²) in [7, 11) is 0. The molecule has 1 N–H and O–H groups in total. The van der Waals surface area contributed by atoms with E-state index >= 15 is 0 Å². The van der Waals surface area contributed by atoms with Gasteiger partial charge in [-0.05, 0) is 73.7 Å². The fraction of sp³-hybridized carbons (Fsp3) is 0.857. The van der Waals surface area contributed by atoms with Gasteiger partial charge in [-0.1, -0.05) is 53.9 Å². The van der Waals surface area contributed by atoms with Crippen molar-refractivity contribution in [1.29, 1.82) is 0 Å². The number of amides is 1. The Morgan fingerprint density at radius 1 is 1.09 bits per heavy atom. The maximum Gasteiger partial charge on any atom is 0.314 e. The van der Waals surface area contributed by atoms with Gasteiger partial charge in [-0.25, -0.2) is 0 Å². The van der Waals surface area contributed by atoms with Crippen molar-refractivity contribution in [3.8, 4) is 0 Å². The topological polar surface area (TPSA) is 55.4 Å². The van der Waals surface area contributed by atoms with Crippen LogP contribution < -0.4 is 5.32 Å². The van der Waals surface area contributed by atoms with Gasteiger partial charge in [0.15, 0.2) is 0 Å². The van der Waals surface area contributed by atoms with Crippen molar-refractivity contribution < 1.29 is 14.3 Å². The lowest BCUT2D eigenvalue weighted by atomic mass is 9.54. The Hall–Kier alpha value is -1.32. The Morgan fingerprint density at radius 3 is 2.53 bits per heavy atom. The van der Waals surface area contributed by atoms with Crippen LogP contribution >= 0.6 is 0 Å². The zero-order valence-electron chi connectivity index (χ0n) is 21.3. The lowest BCUT2D eigenvalue weighted by Crippen LogP contribution is -2.52. The van der Waals surface area contributed by atoms with Crippen LogP contribution in [0.25, 0.3) is 0 Å². The third kappa shape index (κ3) is 4.05. The fourth-order valence-corrected chi connectivity index (χ4v) is 8.09. The van der Waals surface area contributed by atoms with Gasteiger partial charge < -0.3 is 10.1 Å². The number of esters is 1. The second-order valence-corrected chi connectivity index (χ2v) is 12.5. The molecule has 180 valence electrons. The average Bonchev–Trinajstić information content (AvgIpc) is 3.06. The second kappa shape index (κ2) is 8.80. The van der Waals surface area contributed by atoms with E-state index in [1.165, 1.54) is 37.7 Å². The monoisotopic (exact) mass is 443 g/mol. The molecule has 0 aromatic rings. The number of hydrogen-bond acceptors (Lipinski definition) is 3. The molecular formula is C28H45NO3. The first-order chi connectivity index (χ1) is 15.1. The van der Waals surface area contributed by atoms with Crippen molar-refractivity contribution in [2.45, 2.75) is 112 Å². The predicted octanol–water partition coefficient (Wildman–Crippen LogP) is 6.40. The summed E-state index contributed by atoms with van der Waals surface area (Å²) >= 11 is 0. The van der Waals surface area contributed by atoms with Gasteiger partial charge in [0.05, 0.1) is 5.92 Å². The summed E-state index contributed by atoms with van der Waals surface area (Å²) < 4.78 is 6.23. The molecule has 0 unspecified atom stereocenters. The minimum Gasteiger partial charge on any atom is -0.431 e. The highest BCUT2D eigenvalue weighted by molar-refractivity contribution is 5.78. The number of ether oxygens (including phenoxy) is 1. The lowest BCUT2D eigenvalue weighted by molar-refractivity contribution is -0.157. The molecule has 2 fully saturated rings. The smallest absolute Gasteiger partial charge is 0.314 e. The summed E-state index contributed by atoms with van der Waals surface area (Å²) in [5.74, 6) is 3.55. The van der Waals surface area contributed by atoms with E-state index in [0.717, 1.165) is 49.2 Å². The number of allylic oxidation sites excluding steroid dienone is 2. The average molecular weight is 444 g/mol. The van der Waals surface area contributed by atoms with Crippen LogP contribution in [-0.2, 0) is 14.3 Å². The first-order valence-electron chi connectivity index (χ1n) is 13.3. The highest BCUT2D eigenvalue weighted by atomic mass is 16.5. The molecule has 0 aromatic carbocycles. The Labute approximate surface area is 195 Å². The van der Waals surface area contributed by atoms with Crippen molar-refractivity contribution >= 4 is 11.9 Å². The van der Waals surface area contributed by atoms with Crippen molar-refractivity contribution in [1.82, 2.24) is 5.32 Å². The maximum atomic E-state index is 13.3. The predicted molar refractivity (Wildman–Crippen MR) is 128 cm³/mol. The number of fused-ring (bicyclic) bond motifs is 4. The molecule has 7 atom stereocenters. The number of carbonyl (C=O) groups is 2. The molecule has 1 aliphatic heterocycles. The van der Waals surface area contributed by atoms with Crippen LogP contribution in [0, 0.1) is 40.4 Å². The van der Waals surface area contributed by atoms with Crippen molar-refractivity contribution in [2.24, 2.45) is 40.4 Å². The van der Waals surface area contributed by atoms with Gasteiger partial charge in [0.2, 0.25) is 5.91 Å². The van der Waals surface area contributed by atoms with Crippen LogP contribution in [0.4, 0.5) is 0 Å². The highest BCUT2D eigenvalue weighted by Gasteiger charge is 2.59. The molecule has 0 spiro atoms. The lowest BCUT2D eigenvalue weighted by Gasteiger charge is -2.53. The third-order valence-electron chi connectivity index (χ3n) is 9.96. The molecule has 4 aliphatic rings. The first kappa shape index (κ1) is 23.8. The maximum absolute atomic E-state index is 13.3. The second-order valence-electron chi connectivity index (χ2n) is 12.5. The standard InChI is InChI=1S/C28H45NO3/c1-17(2)8-7-9-18(3)21-10-11-22-25-23(13-15-27(21,22)5)28(6)14-12-20(29-19(4)30)16-24(28)26(31)32-25/h17-18,20-22,24H,7-16H2,1-6H3,(H,29,30)/t18-,20+,21-,22+,24-,27-,28-/m1/s1. The van der Waals surface area contributed by atoms with Gasteiger partial charge in [0.25, 0.3) is 0 Å². The minimum atomic E-state index is -0.122. The molecule has 0 aromatic heterocycles. The van der Waals surface area contributed by atoms with E-state index in [0.29, 0.717) is 12.3 Å². The summed E-state index contributed by atoms with van der Waals surface area (Å²) in [6.45, 7) is 13.5. The summed E-state index contributed by atoms with van der Waals surface area (Å²) in [6, 6.07) is 0.0941. The van der Waals surface area contributed by atoms with E-state index in [1.54, 1.807) is 6.92 Å². The van der Waals surface area contributed by atoms with E-state index in [9.17, 15) is 9.59 Å². The molecule has 0 saturated heterocycles. The summed E-state index contributed by atoms with van der Waals surface area (Å²) in [5, 5.41) is 3.05. The summed E-state index contributed by atoms with van der Waals surface area (Å²) in [5.41, 5.74) is 1.61. The number of hydrogen-bond donors (Lipinski definition) is 1. The molecule has 1 heterocycles. The molecular weight excluding hydrogens is 398 g/mol. The number of carbonyl (C=O) groups excluding carboxylic acids is 2. The zero-order chi connectivity index (χ0) is 23.3. The number of nitrogens with one attached hydrogen (secondary N) is 1. The van der Waals surface area contributed by atoms with Crippen LogP contribution in [0.15, 0.2) is 11.3 Å². The first-order valence-corrected chi connectivity index (χ1v) is 13.3. The molecule has 3 aliphatic carbocycles. The molecule has 4 rings (SSSR count). The van der Waals surface area contributed by atoms with Gasteiger partial charge in [-0.15, -0.1) is 0 Å². The Kier molecular flexibility index (Phi) is 6.55. The Bertz CT molecular complexity index is 786. The molecule has 0 radical (unpaired) electrons. The van der Waals surface area contributed by atoms with Crippen LogP contribution in [0.2, 0.25) is 0 Å². The normalized spacial score (nSPS) is 39.8. The van der Waals surface area contributed by atoms with Crippen LogP contribution in [-0.4, -0.2) is 17.9 Å². The van der Waals surface area contributed by atoms with Gasteiger partial charge in [0, 0.05) is 24.3 Å². The van der Waals surface area contributed by atoms with Gasteiger partial charge >= 0.3 is 5.97 Å². The molecule has 4 heteroatoms. The van der Waals surface area contributed by atoms with E-state index in [2.05, 4.69) is 39.9 Å². The zero-order valence-corrected chi connectivity index (χ0v) is 21.3. The molecule has 32 heavy (non-hydrogen) atoms. The Morgan fingerprint density at radius 2 is 1.84 bits per heavy atom. The van der Waals surface area contributed by atoms with Crippen LogP contribution in [0.3, 0.4) is 0 Å². The Balaban J connectivity index is 1.54. The SMILES string of the molecule is CC(=O)N[C@H]1CC[C@]2(C)C3=C(OC(=O)[C@H]2C1)[C@@H]1CC[C@H]([C@H](C)CCCC(C)C)[C@@]1(C)CC3. The third-order valence-corrected chi connectivity index (χ3v) is 9.96. The fourth-order valence-electron chi connectivity index (χ4n) is 8.09. The number of rotatable bonds is 6. The quantitative estimate of drug-likeness (QED) is 0.483. The molecule has 0 bridgehead atoms. The highest BCUT2D eigenvalue weighted by Crippen LogP contribution is 2.64. The van der Waals surface area contributed by atoms with Crippen molar-refractivity contribution in [2.75, 3.05) is 0 Å². The largest absolute Gasteiger partial charge is 0.431 e. The minimum absolute atomic E-state index is 0.00405. The van der Waals surface area contributed by atoms with E-state index in [1.807, 2.05) is 0 Å². The summed E-state index contributed by atoms with van der Waals surface area (Å²) in [6.07, 6.45) is 11.3. The van der Waals surface area contributed by atoms with E-state index < -0.39 is 0 Å². The molecule has 4 nitrogen and oxygen atoms in total. The van der Waals surface area contributed by atoms with Crippen molar-refractivity contribution in [3.05, 3.63) is 11.3 Å². The molecule has 1 amide bonds. The van der Waals surface area contributed by atoms with Gasteiger partial charge in [-0.3, -0.25) is 9.59 Å². The van der Waals surface area contributed by atoms with Crippen LogP contribution in [0.5, 0.6) is 0 Å². The van der Waals surface area contributed by atoms with E-state index in [-0.39, 0.29) is 34.7 Å². The van der Waals surface area contributed by atoms with Gasteiger partial charge in [0.1, 0.15) is 5.76 Å². The van der Waals surface area contributed by atoms with Crippen molar-refractivity contribution in [3.63, 3.8) is 0 Å².